The quantitative estimate of drug-likeness (QED) is 0.630. The molecule has 2 rings (SSSR count). The van der Waals surface area contributed by atoms with Gasteiger partial charge in [0.25, 0.3) is 0 Å². The van der Waals surface area contributed by atoms with E-state index in [0.717, 1.165) is 28.1 Å². The Balaban J connectivity index is 2.44. The van der Waals surface area contributed by atoms with Crippen LogP contribution in [0.5, 0.6) is 0 Å². The number of hydrogen-bond donors (Lipinski definition) is 1. The van der Waals surface area contributed by atoms with E-state index in [0.29, 0.717) is 0 Å². The van der Waals surface area contributed by atoms with Crippen molar-refractivity contribution in [2.24, 2.45) is 0 Å². The first-order chi connectivity index (χ1) is 7.79. The van der Waals surface area contributed by atoms with Gasteiger partial charge in [0.2, 0.25) is 5.56 Å². The van der Waals surface area contributed by atoms with E-state index in [-0.39, 0.29) is 5.56 Å². The molecule has 1 heterocycles. The third kappa shape index (κ3) is 2.53. The molecule has 0 bridgehead atoms. The van der Waals surface area contributed by atoms with Crippen molar-refractivity contribution in [1.29, 1.82) is 0 Å². The number of rotatable bonds is 1. The molecule has 0 aliphatic heterocycles. The number of alkyl halides is 1. The molecular formula is C13H10BrNO. The van der Waals surface area contributed by atoms with Gasteiger partial charge < -0.3 is 4.98 Å². The van der Waals surface area contributed by atoms with E-state index < -0.39 is 0 Å². The summed E-state index contributed by atoms with van der Waals surface area (Å²) in [6.45, 7) is 0. The van der Waals surface area contributed by atoms with E-state index in [9.17, 15) is 4.79 Å². The van der Waals surface area contributed by atoms with Crippen molar-refractivity contribution < 1.29 is 0 Å². The van der Waals surface area contributed by atoms with Crippen LogP contribution in [-0.4, -0.2) is 10.3 Å². The van der Waals surface area contributed by atoms with Crippen LogP contribution in [0.4, 0.5) is 0 Å². The molecule has 1 aromatic carbocycles. The van der Waals surface area contributed by atoms with Gasteiger partial charge in [0.1, 0.15) is 0 Å². The van der Waals surface area contributed by atoms with Gasteiger partial charge in [0.15, 0.2) is 0 Å². The molecule has 16 heavy (non-hydrogen) atoms. The molecule has 0 unspecified atom stereocenters. The van der Waals surface area contributed by atoms with E-state index in [4.69, 9.17) is 0 Å². The lowest BCUT2D eigenvalue weighted by Crippen LogP contribution is -2.01. The number of H-pyrrole nitrogens is 1. The van der Waals surface area contributed by atoms with Crippen LogP contribution >= 0.6 is 15.9 Å². The number of fused-ring (bicyclic) bond motifs is 1. The van der Waals surface area contributed by atoms with Gasteiger partial charge in [-0.1, -0.05) is 33.8 Å². The van der Waals surface area contributed by atoms with Gasteiger partial charge in [0, 0.05) is 29.6 Å². The zero-order valence-corrected chi connectivity index (χ0v) is 10.2. The van der Waals surface area contributed by atoms with Crippen LogP contribution in [0, 0.1) is 11.8 Å². The summed E-state index contributed by atoms with van der Waals surface area (Å²) < 4.78 is 0. The molecule has 0 saturated heterocycles. The molecule has 1 aromatic heterocycles. The first kappa shape index (κ1) is 11.0. The Morgan fingerprint density at radius 3 is 2.94 bits per heavy atom. The van der Waals surface area contributed by atoms with Crippen LogP contribution in [0.25, 0.3) is 10.8 Å². The van der Waals surface area contributed by atoms with Crippen molar-refractivity contribution in [3.05, 3.63) is 46.4 Å². The molecule has 1 N–H and O–H groups in total. The zero-order valence-electron chi connectivity index (χ0n) is 8.59. The Morgan fingerprint density at radius 1 is 1.25 bits per heavy atom. The molecule has 0 atom stereocenters. The van der Waals surface area contributed by atoms with Crippen LogP contribution in [0.2, 0.25) is 0 Å². The van der Waals surface area contributed by atoms with Gasteiger partial charge in [-0.05, 0) is 22.9 Å². The number of aromatic nitrogens is 1. The fourth-order valence-electron chi connectivity index (χ4n) is 1.45. The summed E-state index contributed by atoms with van der Waals surface area (Å²) in [7, 11) is 0. The normalized spacial score (nSPS) is 9.81. The largest absolute Gasteiger partial charge is 0.328 e. The van der Waals surface area contributed by atoms with Crippen molar-refractivity contribution in [2.75, 3.05) is 5.33 Å². The standard InChI is InChI=1S/C13H10BrNO/c14-6-2-1-3-10-4-5-11-9-15-13(16)8-12(11)7-10/h4-5,7-9H,2,6H2,(H,15,16). The van der Waals surface area contributed by atoms with Gasteiger partial charge in [-0.15, -0.1) is 0 Å². The minimum atomic E-state index is -0.0851. The summed E-state index contributed by atoms with van der Waals surface area (Å²) in [6, 6.07) is 7.45. The monoisotopic (exact) mass is 275 g/mol. The molecule has 0 fully saturated rings. The highest BCUT2D eigenvalue weighted by Gasteiger charge is 1.95. The Bertz CT molecular complexity index is 619. The van der Waals surface area contributed by atoms with Crippen molar-refractivity contribution in [2.45, 2.75) is 6.42 Å². The predicted octanol–water partition coefficient (Wildman–Crippen LogP) is 2.66. The Kier molecular flexibility index (Phi) is 3.43. The smallest absolute Gasteiger partial charge is 0.248 e. The molecule has 0 amide bonds. The maximum atomic E-state index is 11.2. The number of hydrogen-bond acceptors (Lipinski definition) is 1. The summed E-state index contributed by atoms with van der Waals surface area (Å²) in [5.41, 5.74) is 0.858. The van der Waals surface area contributed by atoms with Crippen LogP contribution in [0.15, 0.2) is 35.3 Å². The van der Waals surface area contributed by atoms with E-state index in [2.05, 4.69) is 32.8 Å². The van der Waals surface area contributed by atoms with Gasteiger partial charge in [-0.2, -0.15) is 0 Å². The molecule has 0 aliphatic rings. The number of nitrogens with one attached hydrogen (secondary N) is 1. The highest BCUT2D eigenvalue weighted by molar-refractivity contribution is 9.09. The summed E-state index contributed by atoms with van der Waals surface area (Å²) in [5, 5.41) is 2.83. The highest BCUT2D eigenvalue weighted by Crippen LogP contribution is 2.12. The second-order valence-electron chi connectivity index (χ2n) is 3.38. The van der Waals surface area contributed by atoms with Crippen LogP contribution < -0.4 is 5.56 Å². The maximum Gasteiger partial charge on any atom is 0.248 e. The summed E-state index contributed by atoms with van der Waals surface area (Å²) >= 11 is 3.32. The molecule has 0 aliphatic carbocycles. The topological polar surface area (TPSA) is 32.9 Å². The first-order valence-corrected chi connectivity index (χ1v) is 6.09. The van der Waals surface area contributed by atoms with Crippen molar-refractivity contribution >= 4 is 26.7 Å². The molecule has 2 nitrogen and oxygen atoms in total. The molecule has 0 saturated carbocycles. The van der Waals surface area contributed by atoms with Crippen molar-refractivity contribution in [3.63, 3.8) is 0 Å². The lowest BCUT2D eigenvalue weighted by Gasteiger charge is -1.96. The summed E-state index contributed by atoms with van der Waals surface area (Å²) in [6.07, 6.45) is 2.54. The lowest BCUT2D eigenvalue weighted by atomic mass is 10.1. The summed E-state index contributed by atoms with van der Waals surface area (Å²) in [5.74, 6) is 6.11. The fraction of sp³-hybridized carbons (Fsp3) is 0.154. The SMILES string of the molecule is O=c1cc2cc(C#CCCBr)ccc2c[nH]1. The molecule has 0 spiro atoms. The highest BCUT2D eigenvalue weighted by atomic mass is 79.9. The number of pyridine rings is 1. The average molecular weight is 276 g/mol. The second-order valence-corrected chi connectivity index (χ2v) is 4.17. The third-order valence-electron chi connectivity index (χ3n) is 2.20. The number of halogens is 1. The van der Waals surface area contributed by atoms with E-state index in [1.807, 2.05) is 18.2 Å². The van der Waals surface area contributed by atoms with Gasteiger partial charge in [0.05, 0.1) is 0 Å². The second kappa shape index (κ2) is 5.00. The first-order valence-electron chi connectivity index (χ1n) is 4.97. The van der Waals surface area contributed by atoms with Crippen LogP contribution in [0.1, 0.15) is 12.0 Å². The molecular weight excluding hydrogens is 266 g/mol. The lowest BCUT2D eigenvalue weighted by molar-refractivity contribution is 1.27. The predicted molar refractivity (Wildman–Crippen MR) is 69.9 cm³/mol. The Hall–Kier alpha value is -1.53. The number of benzene rings is 1. The maximum absolute atomic E-state index is 11.2. The van der Waals surface area contributed by atoms with Gasteiger partial charge in [-0.25, -0.2) is 0 Å². The third-order valence-corrected chi connectivity index (χ3v) is 2.59. The Morgan fingerprint density at radius 2 is 2.12 bits per heavy atom. The van der Waals surface area contributed by atoms with Crippen molar-refractivity contribution in [3.8, 4) is 11.8 Å². The van der Waals surface area contributed by atoms with Crippen LogP contribution in [0.3, 0.4) is 0 Å². The molecule has 80 valence electrons. The average Bonchev–Trinajstić information content (AvgIpc) is 2.29. The minimum Gasteiger partial charge on any atom is -0.328 e. The van der Waals surface area contributed by atoms with E-state index in [1.54, 1.807) is 12.3 Å². The molecule has 0 radical (unpaired) electrons. The van der Waals surface area contributed by atoms with Gasteiger partial charge in [-0.3, -0.25) is 4.79 Å². The zero-order chi connectivity index (χ0) is 11.4. The fourth-order valence-corrected chi connectivity index (χ4v) is 1.65. The van der Waals surface area contributed by atoms with Crippen LogP contribution in [-0.2, 0) is 0 Å². The van der Waals surface area contributed by atoms with E-state index >= 15 is 0 Å². The summed E-state index contributed by atoms with van der Waals surface area (Å²) in [4.78, 5) is 13.8. The van der Waals surface area contributed by atoms with E-state index in [1.165, 1.54) is 0 Å². The molecule has 3 heteroatoms. The Labute approximate surface area is 102 Å². The molecule has 2 aromatic rings. The minimum absolute atomic E-state index is 0.0851. The van der Waals surface area contributed by atoms with Crippen molar-refractivity contribution in [1.82, 2.24) is 4.98 Å². The van der Waals surface area contributed by atoms with Gasteiger partial charge >= 0.3 is 0 Å². The number of aromatic amines is 1.